The molecule has 14 heavy (non-hydrogen) atoms. The zero-order valence-corrected chi connectivity index (χ0v) is 7.68. The quantitative estimate of drug-likeness (QED) is 0.401. The van der Waals surface area contributed by atoms with E-state index in [-0.39, 0.29) is 11.4 Å². The first-order chi connectivity index (χ1) is 6.56. The fourth-order valence-electron chi connectivity index (χ4n) is 0.944. The number of hydrogen-bond acceptors (Lipinski definition) is 5. The van der Waals surface area contributed by atoms with Gasteiger partial charge in [0.2, 0.25) is 5.69 Å². The summed E-state index contributed by atoms with van der Waals surface area (Å²) in [6.07, 6.45) is 0. The molecule has 0 aliphatic heterocycles. The average Bonchev–Trinajstić information content (AvgIpc) is 2.16. The summed E-state index contributed by atoms with van der Waals surface area (Å²) < 4.78 is 4.38. The highest BCUT2D eigenvalue weighted by atomic mass is 16.6. The number of esters is 1. The Hall–Kier alpha value is -1.98. The number of pyridine rings is 1. The van der Waals surface area contributed by atoms with E-state index in [2.05, 4.69) is 9.72 Å². The Labute approximate surface area is 79.7 Å². The monoisotopic (exact) mass is 196 g/mol. The van der Waals surface area contributed by atoms with Gasteiger partial charge in [0.25, 0.3) is 0 Å². The predicted molar refractivity (Wildman–Crippen MR) is 47.0 cm³/mol. The highest BCUT2D eigenvalue weighted by molar-refractivity contribution is 5.91. The Morgan fingerprint density at radius 3 is 2.71 bits per heavy atom. The van der Waals surface area contributed by atoms with Gasteiger partial charge >= 0.3 is 11.7 Å². The molecule has 0 saturated carbocycles. The topological polar surface area (TPSA) is 82.3 Å². The van der Waals surface area contributed by atoms with Gasteiger partial charge in [-0.3, -0.25) is 10.1 Å². The summed E-state index contributed by atoms with van der Waals surface area (Å²) >= 11 is 0. The Morgan fingerprint density at radius 2 is 2.21 bits per heavy atom. The minimum absolute atomic E-state index is 0.266. The fraction of sp³-hybridized carbons (Fsp3) is 0.250. The van der Waals surface area contributed by atoms with Gasteiger partial charge < -0.3 is 4.74 Å². The molecule has 0 spiro atoms. The number of methoxy groups -OCH3 is 1. The molecule has 0 radical (unpaired) electrons. The van der Waals surface area contributed by atoms with E-state index in [9.17, 15) is 14.9 Å². The van der Waals surface area contributed by atoms with Crippen molar-refractivity contribution in [3.8, 4) is 0 Å². The molecule has 6 nitrogen and oxygen atoms in total. The van der Waals surface area contributed by atoms with Crippen molar-refractivity contribution in [1.29, 1.82) is 0 Å². The third-order valence-corrected chi connectivity index (χ3v) is 1.59. The van der Waals surface area contributed by atoms with Crippen molar-refractivity contribution < 1.29 is 14.5 Å². The van der Waals surface area contributed by atoms with Gasteiger partial charge in [0, 0.05) is 11.8 Å². The summed E-state index contributed by atoms with van der Waals surface area (Å²) in [5.74, 6) is -0.805. The van der Waals surface area contributed by atoms with Crippen molar-refractivity contribution in [1.82, 2.24) is 4.98 Å². The molecule has 0 fully saturated rings. The molecule has 0 atom stereocenters. The maximum atomic E-state index is 11.1. The molecule has 0 N–H and O–H groups in total. The van der Waals surface area contributed by atoms with Crippen LogP contribution in [-0.4, -0.2) is 23.0 Å². The van der Waals surface area contributed by atoms with Crippen molar-refractivity contribution >= 4 is 11.7 Å². The SMILES string of the molecule is COC(=O)c1nc(C)ccc1[N+](=O)[O-]. The minimum atomic E-state index is -0.805. The zero-order chi connectivity index (χ0) is 10.7. The molecule has 0 aromatic carbocycles. The third-order valence-electron chi connectivity index (χ3n) is 1.59. The molecular weight excluding hydrogens is 188 g/mol. The number of nitro groups is 1. The zero-order valence-electron chi connectivity index (χ0n) is 7.68. The van der Waals surface area contributed by atoms with E-state index >= 15 is 0 Å². The molecule has 0 saturated heterocycles. The van der Waals surface area contributed by atoms with Crippen LogP contribution >= 0.6 is 0 Å². The number of carbonyl (C=O) groups excluding carboxylic acids is 1. The maximum Gasteiger partial charge on any atom is 0.363 e. The van der Waals surface area contributed by atoms with E-state index in [4.69, 9.17) is 0 Å². The van der Waals surface area contributed by atoms with Crippen LogP contribution in [0.25, 0.3) is 0 Å². The third kappa shape index (κ3) is 1.85. The lowest BCUT2D eigenvalue weighted by Crippen LogP contribution is -2.08. The molecular formula is C8H8N2O4. The van der Waals surface area contributed by atoms with Gasteiger partial charge in [0.05, 0.1) is 12.0 Å². The fourth-order valence-corrected chi connectivity index (χ4v) is 0.944. The van der Waals surface area contributed by atoms with E-state index in [0.29, 0.717) is 5.69 Å². The Bertz CT molecular complexity index is 389. The van der Waals surface area contributed by atoms with Gasteiger partial charge in [-0.25, -0.2) is 9.78 Å². The normalized spacial score (nSPS) is 9.57. The van der Waals surface area contributed by atoms with Gasteiger partial charge in [-0.15, -0.1) is 0 Å². The molecule has 0 aliphatic carbocycles. The average molecular weight is 196 g/mol. The molecule has 1 aromatic heterocycles. The first kappa shape index (κ1) is 10.1. The second-order valence-electron chi connectivity index (χ2n) is 2.57. The Morgan fingerprint density at radius 1 is 1.57 bits per heavy atom. The largest absolute Gasteiger partial charge is 0.464 e. The summed E-state index contributed by atoms with van der Waals surface area (Å²) in [5, 5.41) is 10.5. The van der Waals surface area contributed by atoms with Crippen molar-refractivity contribution in [2.24, 2.45) is 0 Å². The first-order valence-electron chi connectivity index (χ1n) is 3.76. The smallest absolute Gasteiger partial charge is 0.363 e. The summed E-state index contributed by atoms with van der Waals surface area (Å²) in [6, 6.07) is 2.69. The molecule has 0 bridgehead atoms. The Kier molecular flexibility index (Phi) is 2.76. The molecule has 0 unspecified atom stereocenters. The van der Waals surface area contributed by atoms with Crippen LogP contribution in [0.5, 0.6) is 0 Å². The lowest BCUT2D eigenvalue weighted by atomic mass is 10.2. The van der Waals surface area contributed by atoms with Crippen LogP contribution in [0.2, 0.25) is 0 Å². The minimum Gasteiger partial charge on any atom is -0.464 e. The second kappa shape index (κ2) is 3.82. The van der Waals surface area contributed by atoms with E-state index in [1.807, 2.05) is 0 Å². The van der Waals surface area contributed by atoms with Crippen LogP contribution in [0.1, 0.15) is 16.2 Å². The summed E-state index contributed by atoms with van der Waals surface area (Å²) in [4.78, 5) is 24.7. The predicted octanol–water partition coefficient (Wildman–Crippen LogP) is 1.08. The molecule has 1 rings (SSSR count). The lowest BCUT2D eigenvalue weighted by Gasteiger charge is -2.00. The van der Waals surface area contributed by atoms with Crippen LogP contribution < -0.4 is 0 Å². The number of aromatic nitrogens is 1. The van der Waals surface area contributed by atoms with Crippen LogP contribution in [-0.2, 0) is 4.74 Å². The Balaban J connectivity index is 3.29. The molecule has 0 amide bonds. The number of rotatable bonds is 2. The van der Waals surface area contributed by atoms with E-state index in [0.717, 1.165) is 7.11 Å². The lowest BCUT2D eigenvalue weighted by molar-refractivity contribution is -0.385. The van der Waals surface area contributed by atoms with Crippen molar-refractivity contribution in [3.63, 3.8) is 0 Å². The van der Waals surface area contributed by atoms with Crippen LogP contribution in [0.15, 0.2) is 12.1 Å². The van der Waals surface area contributed by atoms with Crippen LogP contribution in [0, 0.1) is 17.0 Å². The summed E-state index contributed by atoms with van der Waals surface area (Å²) in [7, 11) is 1.15. The van der Waals surface area contributed by atoms with Gasteiger partial charge in [-0.2, -0.15) is 0 Å². The van der Waals surface area contributed by atoms with Gasteiger partial charge in [0.15, 0.2) is 0 Å². The van der Waals surface area contributed by atoms with Crippen molar-refractivity contribution in [2.45, 2.75) is 6.92 Å². The molecule has 0 aliphatic rings. The molecule has 1 heterocycles. The van der Waals surface area contributed by atoms with Crippen LogP contribution in [0.4, 0.5) is 5.69 Å². The van der Waals surface area contributed by atoms with Crippen molar-refractivity contribution in [3.05, 3.63) is 33.6 Å². The van der Waals surface area contributed by atoms with Gasteiger partial charge in [-0.1, -0.05) is 0 Å². The second-order valence-corrected chi connectivity index (χ2v) is 2.57. The number of nitrogens with zero attached hydrogens (tertiary/aromatic N) is 2. The molecule has 74 valence electrons. The van der Waals surface area contributed by atoms with Crippen LogP contribution in [0.3, 0.4) is 0 Å². The summed E-state index contributed by atoms with van der Waals surface area (Å²) in [5.41, 5.74) is -0.0871. The van der Waals surface area contributed by atoms with Gasteiger partial charge in [0.1, 0.15) is 0 Å². The molecule has 1 aromatic rings. The number of hydrogen-bond donors (Lipinski definition) is 0. The van der Waals surface area contributed by atoms with Crippen molar-refractivity contribution in [2.75, 3.05) is 7.11 Å². The van der Waals surface area contributed by atoms with Gasteiger partial charge in [-0.05, 0) is 13.0 Å². The highest BCUT2D eigenvalue weighted by Gasteiger charge is 2.22. The van der Waals surface area contributed by atoms with E-state index in [1.54, 1.807) is 6.92 Å². The number of carbonyl (C=O) groups is 1. The summed E-state index contributed by atoms with van der Waals surface area (Å²) in [6.45, 7) is 1.64. The van der Waals surface area contributed by atoms with E-state index in [1.165, 1.54) is 12.1 Å². The van der Waals surface area contributed by atoms with E-state index < -0.39 is 10.9 Å². The number of aryl methyl sites for hydroxylation is 1. The first-order valence-corrected chi connectivity index (χ1v) is 3.76. The number of ether oxygens (including phenoxy) is 1. The maximum absolute atomic E-state index is 11.1. The highest BCUT2D eigenvalue weighted by Crippen LogP contribution is 2.17. The standard InChI is InChI=1S/C8H8N2O4/c1-5-3-4-6(10(12)13)7(9-5)8(11)14-2/h3-4H,1-2H3. The molecule has 6 heteroatoms.